The molecule has 0 saturated carbocycles. The molecule has 4 rings (SSSR count). The van der Waals surface area contributed by atoms with Crippen LogP contribution in [0.25, 0.3) is 10.9 Å². The van der Waals surface area contributed by atoms with E-state index in [-0.39, 0.29) is 29.6 Å². The molecule has 2 aromatic carbocycles. The van der Waals surface area contributed by atoms with Crippen molar-refractivity contribution in [2.24, 2.45) is 0 Å². The lowest BCUT2D eigenvalue weighted by atomic mass is 10.1. The largest absolute Gasteiger partial charge is 0.361 e. The van der Waals surface area contributed by atoms with Gasteiger partial charge in [-0.05, 0) is 53.9 Å². The molecule has 0 atom stereocenters. The van der Waals surface area contributed by atoms with Crippen molar-refractivity contribution in [3.8, 4) is 0 Å². The first-order valence-electron chi connectivity index (χ1n) is 8.10. The molecule has 0 bridgehead atoms. The number of sulfonamides is 1. The van der Waals surface area contributed by atoms with E-state index in [9.17, 15) is 17.6 Å². The van der Waals surface area contributed by atoms with E-state index in [4.69, 9.17) is 0 Å². The Balaban J connectivity index is 1.48. The van der Waals surface area contributed by atoms with Crippen LogP contribution >= 0.6 is 0 Å². The number of halogens is 1. The van der Waals surface area contributed by atoms with Crippen molar-refractivity contribution in [2.75, 3.05) is 11.9 Å². The molecule has 3 aromatic rings. The number of H-pyrrole nitrogens is 1. The van der Waals surface area contributed by atoms with E-state index in [0.29, 0.717) is 17.7 Å². The summed E-state index contributed by atoms with van der Waals surface area (Å²) in [7, 11) is -3.69. The maximum atomic E-state index is 13.4. The fourth-order valence-electron chi connectivity index (χ4n) is 3.13. The van der Waals surface area contributed by atoms with Crippen molar-refractivity contribution in [3.63, 3.8) is 0 Å². The molecule has 2 heterocycles. The summed E-state index contributed by atoms with van der Waals surface area (Å²) in [4.78, 5) is 14.6. The highest BCUT2D eigenvalue weighted by Gasteiger charge is 2.21. The minimum atomic E-state index is -3.69. The SMILES string of the molecule is O=C1Cc2cc(S(=O)(=O)NCCc3c[nH]c4ccc(F)cc34)ccc2N1. The third kappa shape index (κ3) is 3.09. The van der Waals surface area contributed by atoms with E-state index in [1.54, 1.807) is 18.3 Å². The summed E-state index contributed by atoms with van der Waals surface area (Å²) < 4.78 is 40.9. The zero-order chi connectivity index (χ0) is 18.3. The monoisotopic (exact) mass is 373 g/mol. The molecule has 134 valence electrons. The van der Waals surface area contributed by atoms with Gasteiger partial charge in [0.15, 0.2) is 0 Å². The van der Waals surface area contributed by atoms with Crippen LogP contribution in [0.2, 0.25) is 0 Å². The van der Waals surface area contributed by atoms with Gasteiger partial charge in [-0.2, -0.15) is 0 Å². The Labute approximate surface area is 149 Å². The molecule has 0 saturated heterocycles. The van der Waals surface area contributed by atoms with E-state index in [1.165, 1.54) is 24.3 Å². The lowest BCUT2D eigenvalue weighted by Gasteiger charge is -2.08. The van der Waals surface area contributed by atoms with Gasteiger partial charge in [-0.3, -0.25) is 4.79 Å². The molecule has 26 heavy (non-hydrogen) atoms. The number of rotatable bonds is 5. The van der Waals surface area contributed by atoms with Crippen LogP contribution in [0.15, 0.2) is 47.5 Å². The van der Waals surface area contributed by atoms with E-state index >= 15 is 0 Å². The molecule has 6 nitrogen and oxygen atoms in total. The molecule has 8 heteroatoms. The summed E-state index contributed by atoms with van der Waals surface area (Å²) in [5, 5.41) is 3.41. The van der Waals surface area contributed by atoms with Crippen molar-refractivity contribution in [1.82, 2.24) is 9.71 Å². The highest BCUT2D eigenvalue weighted by molar-refractivity contribution is 7.89. The van der Waals surface area contributed by atoms with Gasteiger partial charge in [0.25, 0.3) is 0 Å². The predicted molar refractivity (Wildman–Crippen MR) is 95.9 cm³/mol. The number of hydrogen-bond donors (Lipinski definition) is 3. The quantitative estimate of drug-likeness (QED) is 0.641. The van der Waals surface area contributed by atoms with Crippen molar-refractivity contribution < 1.29 is 17.6 Å². The number of carbonyl (C=O) groups excluding carboxylic acids is 1. The first-order chi connectivity index (χ1) is 12.4. The summed E-state index contributed by atoms with van der Waals surface area (Å²) >= 11 is 0. The molecule has 1 aliphatic rings. The number of aromatic amines is 1. The fourth-order valence-corrected chi connectivity index (χ4v) is 4.22. The Bertz CT molecular complexity index is 1120. The lowest BCUT2D eigenvalue weighted by Crippen LogP contribution is -2.26. The van der Waals surface area contributed by atoms with Crippen LogP contribution in [0.1, 0.15) is 11.1 Å². The van der Waals surface area contributed by atoms with Crippen molar-refractivity contribution in [2.45, 2.75) is 17.7 Å². The topological polar surface area (TPSA) is 91.1 Å². The Morgan fingerprint density at radius 3 is 2.85 bits per heavy atom. The van der Waals surface area contributed by atoms with Gasteiger partial charge in [-0.1, -0.05) is 0 Å². The standard InChI is InChI=1S/C18H16FN3O3S/c19-13-1-3-17-15(9-13)11(10-20-17)5-6-21-26(24,25)14-2-4-16-12(7-14)8-18(23)22-16/h1-4,7,9-10,20-21H,5-6,8H2,(H,22,23). The highest BCUT2D eigenvalue weighted by Crippen LogP contribution is 2.26. The maximum Gasteiger partial charge on any atom is 0.240 e. The van der Waals surface area contributed by atoms with Crippen LogP contribution in [-0.4, -0.2) is 25.9 Å². The fraction of sp³-hybridized carbons (Fsp3) is 0.167. The minimum absolute atomic E-state index is 0.123. The van der Waals surface area contributed by atoms with Gasteiger partial charge in [0.2, 0.25) is 15.9 Å². The number of anilines is 1. The van der Waals surface area contributed by atoms with Crippen LogP contribution in [-0.2, 0) is 27.7 Å². The van der Waals surface area contributed by atoms with E-state index in [2.05, 4.69) is 15.0 Å². The molecular weight excluding hydrogens is 357 g/mol. The second-order valence-corrected chi connectivity index (χ2v) is 7.96. The van der Waals surface area contributed by atoms with Crippen LogP contribution in [0.4, 0.5) is 10.1 Å². The van der Waals surface area contributed by atoms with Gasteiger partial charge in [0.1, 0.15) is 5.82 Å². The molecule has 0 aliphatic carbocycles. The Hall–Kier alpha value is -2.71. The van der Waals surface area contributed by atoms with Gasteiger partial charge in [0, 0.05) is 29.3 Å². The van der Waals surface area contributed by atoms with Crippen molar-refractivity contribution in [3.05, 3.63) is 59.5 Å². The molecular formula is C18H16FN3O3S. The van der Waals surface area contributed by atoms with Crippen molar-refractivity contribution >= 4 is 32.5 Å². The lowest BCUT2D eigenvalue weighted by molar-refractivity contribution is -0.115. The van der Waals surface area contributed by atoms with Crippen LogP contribution in [0.3, 0.4) is 0 Å². The minimum Gasteiger partial charge on any atom is -0.361 e. The summed E-state index contributed by atoms with van der Waals surface area (Å²) in [5.74, 6) is -0.477. The second kappa shape index (κ2) is 6.22. The first kappa shape index (κ1) is 16.7. The Kier molecular flexibility index (Phi) is 4.01. The number of benzene rings is 2. The number of fused-ring (bicyclic) bond motifs is 2. The maximum absolute atomic E-state index is 13.4. The second-order valence-electron chi connectivity index (χ2n) is 6.20. The first-order valence-corrected chi connectivity index (χ1v) is 9.59. The van der Waals surface area contributed by atoms with Gasteiger partial charge >= 0.3 is 0 Å². The Morgan fingerprint density at radius 1 is 1.15 bits per heavy atom. The van der Waals surface area contributed by atoms with E-state index < -0.39 is 10.0 Å². The van der Waals surface area contributed by atoms with Crippen molar-refractivity contribution in [1.29, 1.82) is 0 Å². The summed E-state index contributed by atoms with van der Waals surface area (Å²) in [6.45, 7) is 0.181. The molecule has 0 fully saturated rings. The summed E-state index contributed by atoms with van der Waals surface area (Å²) in [6, 6.07) is 9.03. The van der Waals surface area contributed by atoms with Crippen LogP contribution < -0.4 is 10.0 Å². The number of hydrogen-bond acceptors (Lipinski definition) is 3. The van der Waals surface area contributed by atoms with E-state index in [1.807, 2.05) is 0 Å². The smallest absolute Gasteiger partial charge is 0.240 e. The van der Waals surface area contributed by atoms with Gasteiger partial charge in [-0.25, -0.2) is 17.5 Å². The summed E-state index contributed by atoms with van der Waals surface area (Å²) in [6.07, 6.45) is 2.36. The zero-order valence-corrected chi connectivity index (χ0v) is 14.5. The molecule has 0 radical (unpaired) electrons. The van der Waals surface area contributed by atoms with Gasteiger partial charge in [0.05, 0.1) is 11.3 Å². The number of amides is 1. The highest BCUT2D eigenvalue weighted by atomic mass is 32.2. The van der Waals surface area contributed by atoms with Crippen LogP contribution in [0, 0.1) is 5.82 Å². The molecule has 0 unspecified atom stereocenters. The molecule has 0 spiro atoms. The summed E-state index contributed by atoms with van der Waals surface area (Å²) in [5.41, 5.74) is 2.96. The average Bonchev–Trinajstić information content (AvgIpc) is 3.16. The molecule has 3 N–H and O–H groups in total. The molecule has 1 aliphatic heterocycles. The number of nitrogens with one attached hydrogen (secondary N) is 3. The molecule has 1 aromatic heterocycles. The third-order valence-electron chi connectivity index (χ3n) is 4.43. The van der Waals surface area contributed by atoms with E-state index in [0.717, 1.165) is 16.5 Å². The normalized spacial score (nSPS) is 13.8. The van der Waals surface area contributed by atoms with Gasteiger partial charge in [-0.15, -0.1) is 0 Å². The average molecular weight is 373 g/mol. The molecule has 1 amide bonds. The van der Waals surface area contributed by atoms with Crippen LogP contribution in [0.5, 0.6) is 0 Å². The Morgan fingerprint density at radius 2 is 2.00 bits per heavy atom. The zero-order valence-electron chi connectivity index (χ0n) is 13.7. The number of carbonyl (C=O) groups is 1. The third-order valence-corrected chi connectivity index (χ3v) is 5.89. The van der Waals surface area contributed by atoms with Gasteiger partial charge < -0.3 is 10.3 Å². The number of aromatic nitrogens is 1. The predicted octanol–water partition coefficient (Wildman–Crippen LogP) is 2.32.